The Balaban J connectivity index is 1.70. The average Bonchev–Trinajstić information content (AvgIpc) is 2.73. The molecule has 150 valence electrons. The number of aromatic nitrogens is 2. The van der Waals surface area contributed by atoms with E-state index in [9.17, 15) is 4.79 Å². The van der Waals surface area contributed by atoms with Gasteiger partial charge in [-0.05, 0) is 44.2 Å². The molecule has 0 unspecified atom stereocenters. The van der Waals surface area contributed by atoms with E-state index in [-0.39, 0.29) is 5.91 Å². The topological polar surface area (TPSA) is 85.4 Å². The molecule has 0 radical (unpaired) electrons. The molecule has 1 aromatic heterocycles. The van der Waals surface area contributed by atoms with Crippen molar-refractivity contribution in [2.75, 3.05) is 19.0 Å². The molecule has 0 atom stereocenters. The highest BCUT2D eigenvalue weighted by molar-refractivity contribution is 5.93. The third-order valence-electron chi connectivity index (χ3n) is 4.14. The molecule has 29 heavy (non-hydrogen) atoms. The van der Waals surface area contributed by atoms with E-state index in [1.54, 1.807) is 20.1 Å². The molecule has 0 saturated carbocycles. The van der Waals surface area contributed by atoms with Gasteiger partial charge in [0.25, 0.3) is 5.91 Å². The van der Waals surface area contributed by atoms with E-state index >= 15 is 0 Å². The number of amides is 1. The van der Waals surface area contributed by atoms with Crippen LogP contribution >= 0.6 is 0 Å². The van der Waals surface area contributed by atoms with Crippen molar-refractivity contribution in [1.82, 2.24) is 15.3 Å². The van der Waals surface area contributed by atoms with Crippen LogP contribution in [0, 0.1) is 6.92 Å². The van der Waals surface area contributed by atoms with Crippen molar-refractivity contribution in [1.29, 1.82) is 0 Å². The standard InChI is InChI=1S/C22H24N4O3/c1-4-29-18-11-9-17(10-12-18)26-21-13-19(24-15(2)25-21)22(27)23-14-16-7-5-6-8-20(16)28-3/h5-13H,4,14H2,1-3H3,(H,23,27)(H,24,25,26). The zero-order valence-corrected chi connectivity index (χ0v) is 16.7. The van der Waals surface area contributed by atoms with Gasteiger partial charge >= 0.3 is 0 Å². The van der Waals surface area contributed by atoms with Gasteiger partial charge in [-0.3, -0.25) is 4.79 Å². The molecule has 2 N–H and O–H groups in total. The molecule has 7 nitrogen and oxygen atoms in total. The minimum absolute atomic E-state index is 0.281. The van der Waals surface area contributed by atoms with Crippen molar-refractivity contribution in [3.05, 3.63) is 71.7 Å². The first-order valence-electron chi connectivity index (χ1n) is 9.34. The third-order valence-corrected chi connectivity index (χ3v) is 4.14. The van der Waals surface area contributed by atoms with E-state index in [4.69, 9.17) is 9.47 Å². The SMILES string of the molecule is CCOc1ccc(Nc2cc(C(=O)NCc3ccccc3OC)nc(C)n2)cc1. The van der Waals surface area contributed by atoms with Crippen molar-refractivity contribution < 1.29 is 14.3 Å². The van der Waals surface area contributed by atoms with Crippen molar-refractivity contribution in [2.24, 2.45) is 0 Å². The number of benzene rings is 2. The van der Waals surface area contributed by atoms with Crippen LogP contribution in [0.25, 0.3) is 0 Å². The second-order valence-corrected chi connectivity index (χ2v) is 6.26. The number of hydrogen-bond acceptors (Lipinski definition) is 6. The highest BCUT2D eigenvalue weighted by atomic mass is 16.5. The minimum atomic E-state index is -0.281. The Morgan fingerprint density at radius 3 is 2.55 bits per heavy atom. The van der Waals surface area contributed by atoms with E-state index < -0.39 is 0 Å². The lowest BCUT2D eigenvalue weighted by atomic mass is 10.2. The Labute approximate surface area is 170 Å². The molecule has 3 aromatic rings. The van der Waals surface area contributed by atoms with Gasteiger partial charge in [0.05, 0.1) is 13.7 Å². The molecular weight excluding hydrogens is 368 g/mol. The predicted octanol–water partition coefficient (Wildman–Crippen LogP) is 3.87. The third kappa shape index (κ3) is 5.44. The summed E-state index contributed by atoms with van der Waals surface area (Å²) in [6, 6.07) is 16.7. The van der Waals surface area contributed by atoms with Crippen LogP contribution in [-0.4, -0.2) is 29.6 Å². The average molecular weight is 392 g/mol. The number of methoxy groups -OCH3 is 1. The number of ether oxygens (including phenoxy) is 2. The van der Waals surface area contributed by atoms with Crippen LogP contribution < -0.4 is 20.1 Å². The lowest BCUT2D eigenvalue weighted by molar-refractivity contribution is 0.0945. The smallest absolute Gasteiger partial charge is 0.270 e. The fourth-order valence-electron chi connectivity index (χ4n) is 2.81. The van der Waals surface area contributed by atoms with Crippen molar-refractivity contribution in [2.45, 2.75) is 20.4 Å². The van der Waals surface area contributed by atoms with Gasteiger partial charge in [0.2, 0.25) is 0 Å². The van der Waals surface area contributed by atoms with Crippen LogP contribution in [0.2, 0.25) is 0 Å². The zero-order chi connectivity index (χ0) is 20.6. The lowest BCUT2D eigenvalue weighted by Gasteiger charge is -2.11. The van der Waals surface area contributed by atoms with Crippen LogP contribution in [0.1, 0.15) is 28.8 Å². The molecule has 7 heteroatoms. The summed E-state index contributed by atoms with van der Waals surface area (Å²) in [7, 11) is 1.60. The summed E-state index contributed by atoms with van der Waals surface area (Å²) in [5.41, 5.74) is 2.02. The zero-order valence-electron chi connectivity index (χ0n) is 16.7. The second-order valence-electron chi connectivity index (χ2n) is 6.26. The van der Waals surface area contributed by atoms with Crippen LogP contribution in [0.5, 0.6) is 11.5 Å². The number of nitrogens with zero attached hydrogens (tertiary/aromatic N) is 2. The highest BCUT2D eigenvalue weighted by Crippen LogP contribution is 2.20. The molecule has 0 fully saturated rings. The fourth-order valence-corrected chi connectivity index (χ4v) is 2.81. The van der Waals surface area contributed by atoms with Crippen LogP contribution in [0.3, 0.4) is 0 Å². The number of nitrogens with one attached hydrogen (secondary N) is 2. The van der Waals surface area contributed by atoms with E-state index in [0.29, 0.717) is 30.5 Å². The number of rotatable bonds is 8. The summed E-state index contributed by atoms with van der Waals surface area (Å²) in [4.78, 5) is 21.2. The Morgan fingerprint density at radius 2 is 1.83 bits per heavy atom. The Morgan fingerprint density at radius 1 is 1.07 bits per heavy atom. The molecule has 0 aliphatic heterocycles. The van der Waals surface area contributed by atoms with Gasteiger partial charge in [-0.15, -0.1) is 0 Å². The number of carbonyl (C=O) groups is 1. The maximum absolute atomic E-state index is 12.6. The first-order chi connectivity index (χ1) is 14.1. The molecule has 0 aliphatic rings. The van der Waals surface area contributed by atoms with Crippen molar-refractivity contribution >= 4 is 17.4 Å². The van der Waals surface area contributed by atoms with Gasteiger partial charge in [0, 0.05) is 23.9 Å². The van der Waals surface area contributed by atoms with Gasteiger partial charge in [0.1, 0.15) is 28.8 Å². The van der Waals surface area contributed by atoms with E-state index in [0.717, 1.165) is 22.7 Å². The molecule has 2 aromatic carbocycles. The second kappa shape index (κ2) is 9.54. The van der Waals surface area contributed by atoms with Gasteiger partial charge < -0.3 is 20.1 Å². The van der Waals surface area contributed by atoms with Crippen LogP contribution in [0.15, 0.2) is 54.6 Å². The van der Waals surface area contributed by atoms with E-state index in [1.807, 2.05) is 55.5 Å². The summed E-state index contributed by atoms with van der Waals surface area (Å²) < 4.78 is 10.8. The number of para-hydroxylation sites is 1. The number of anilines is 2. The molecule has 0 saturated heterocycles. The van der Waals surface area contributed by atoms with Gasteiger partial charge in [-0.25, -0.2) is 9.97 Å². The largest absolute Gasteiger partial charge is 0.496 e. The number of aryl methyl sites for hydroxylation is 1. The lowest BCUT2D eigenvalue weighted by Crippen LogP contribution is -2.24. The molecular formula is C22H24N4O3. The Kier molecular flexibility index (Phi) is 6.63. The molecule has 3 rings (SSSR count). The molecule has 0 spiro atoms. The Bertz CT molecular complexity index is 974. The Hall–Kier alpha value is -3.61. The number of carbonyl (C=O) groups excluding carboxylic acids is 1. The van der Waals surface area contributed by atoms with E-state index in [1.165, 1.54) is 0 Å². The molecule has 1 heterocycles. The fraction of sp³-hybridized carbons (Fsp3) is 0.227. The monoisotopic (exact) mass is 392 g/mol. The predicted molar refractivity (Wildman–Crippen MR) is 112 cm³/mol. The summed E-state index contributed by atoms with van der Waals surface area (Å²) in [6.45, 7) is 4.65. The molecule has 0 aliphatic carbocycles. The highest BCUT2D eigenvalue weighted by Gasteiger charge is 2.12. The summed E-state index contributed by atoms with van der Waals surface area (Å²) in [5.74, 6) is 2.29. The molecule has 1 amide bonds. The van der Waals surface area contributed by atoms with E-state index in [2.05, 4.69) is 20.6 Å². The van der Waals surface area contributed by atoms with Gasteiger partial charge in [0.15, 0.2) is 0 Å². The summed E-state index contributed by atoms with van der Waals surface area (Å²) in [5, 5.41) is 6.07. The first-order valence-corrected chi connectivity index (χ1v) is 9.34. The first kappa shape index (κ1) is 20.1. The summed E-state index contributed by atoms with van der Waals surface area (Å²) in [6.07, 6.45) is 0. The maximum Gasteiger partial charge on any atom is 0.270 e. The minimum Gasteiger partial charge on any atom is -0.496 e. The van der Waals surface area contributed by atoms with Gasteiger partial charge in [-0.2, -0.15) is 0 Å². The molecule has 0 bridgehead atoms. The normalized spacial score (nSPS) is 10.3. The summed E-state index contributed by atoms with van der Waals surface area (Å²) >= 11 is 0. The van der Waals surface area contributed by atoms with Crippen LogP contribution in [-0.2, 0) is 6.54 Å². The van der Waals surface area contributed by atoms with Crippen LogP contribution in [0.4, 0.5) is 11.5 Å². The number of hydrogen-bond donors (Lipinski definition) is 2. The van der Waals surface area contributed by atoms with Crippen molar-refractivity contribution in [3.63, 3.8) is 0 Å². The quantitative estimate of drug-likeness (QED) is 0.605. The maximum atomic E-state index is 12.6. The van der Waals surface area contributed by atoms with Gasteiger partial charge in [-0.1, -0.05) is 18.2 Å². The van der Waals surface area contributed by atoms with Crippen molar-refractivity contribution in [3.8, 4) is 11.5 Å².